The zero-order chi connectivity index (χ0) is 17.6. The molecule has 0 unspecified atom stereocenters. The Labute approximate surface area is 160 Å². The summed E-state index contributed by atoms with van der Waals surface area (Å²) in [5.41, 5.74) is 0. The number of hydrogen-bond acceptors (Lipinski definition) is 4. The summed E-state index contributed by atoms with van der Waals surface area (Å²) in [6, 6.07) is 2.77. The van der Waals surface area contributed by atoms with Gasteiger partial charge in [-0.3, -0.25) is 0 Å². The smallest absolute Gasteiger partial charge is 0.232 e. The molecule has 25 heavy (non-hydrogen) atoms. The molecule has 1 saturated carbocycles. The SMILES string of the molecule is C[C@@H]1CCCCN1c1cc(Cl)nc(NC(=S)NC2CCCCCC2)n1. The second-order valence-corrected chi connectivity index (χ2v) is 7.99. The lowest BCUT2D eigenvalue weighted by molar-refractivity contribution is 0.481. The molecule has 0 aromatic carbocycles. The molecule has 0 amide bonds. The molecule has 0 radical (unpaired) electrons. The van der Waals surface area contributed by atoms with E-state index in [4.69, 9.17) is 23.8 Å². The molecule has 7 heteroatoms. The minimum absolute atomic E-state index is 0.447. The molecule has 1 atom stereocenters. The van der Waals surface area contributed by atoms with Gasteiger partial charge in [-0.15, -0.1) is 0 Å². The first kappa shape index (κ1) is 18.6. The first-order valence-electron chi connectivity index (χ1n) is 9.50. The molecule has 138 valence electrons. The van der Waals surface area contributed by atoms with Crippen LogP contribution in [0, 0.1) is 0 Å². The Morgan fingerprint density at radius 2 is 1.84 bits per heavy atom. The lowest BCUT2D eigenvalue weighted by Crippen LogP contribution is -2.39. The summed E-state index contributed by atoms with van der Waals surface area (Å²) in [5.74, 6) is 1.36. The van der Waals surface area contributed by atoms with Gasteiger partial charge in [0.15, 0.2) is 5.11 Å². The number of aromatic nitrogens is 2. The zero-order valence-corrected chi connectivity index (χ0v) is 16.5. The molecule has 2 heterocycles. The number of piperidine rings is 1. The van der Waals surface area contributed by atoms with E-state index in [1.807, 2.05) is 6.07 Å². The van der Waals surface area contributed by atoms with Gasteiger partial charge in [0.25, 0.3) is 0 Å². The van der Waals surface area contributed by atoms with Gasteiger partial charge in [-0.2, -0.15) is 4.98 Å². The standard InChI is InChI=1S/C18H28ClN5S/c1-13-8-6-7-11-24(13)16-12-15(19)21-17(22-16)23-18(25)20-14-9-4-2-3-5-10-14/h12-14H,2-11H2,1H3,(H2,20,21,22,23,25)/t13-/m1/s1. The predicted octanol–water partition coefficient (Wildman–Crippen LogP) is 4.52. The first-order valence-corrected chi connectivity index (χ1v) is 10.3. The summed E-state index contributed by atoms with van der Waals surface area (Å²) in [4.78, 5) is 11.3. The van der Waals surface area contributed by atoms with Gasteiger partial charge in [0.2, 0.25) is 5.95 Å². The maximum atomic E-state index is 6.23. The van der Waals surface area contributed by atoms with Gasteiger partial charge in [-0.05, 0) is 51.2 Å². The fourth-order valence-electron chi connectivity index (χ4n) is 3.79. The van der Waals surface area contributed by atoms with Crippen molar-refractivity contribution < 1.29 is 0 Å². The van der Waals surface area contributed by atoms with Crippen LogP contribution in [-0.2, 0) is 0 Å². The number of halogens is 1. The molecular formula is C18H28ClN5S. The van der Waals surface area contributed by atoms with Gasteiger partial charge >= 0.3 is 0 Å². The highest BCUT2D eigenvalue weighted by atomic mass is 35.5. The molecular weight excluding hydrogens is 354 g/mol. The minimum atomic E-state index is 0.447. The second-order valence-electron chi connectivity index (χ2n) is 7.20. The lowest BCUT2D eigenvalue weighted by Gasteiger charge is -2.34. The third-order valence-corrected chi connectivity index (χ3v) is 5.61. The fraction of sp³-hybridized carbons (Fsp3) is 0.722. The maximum Gasteiger partial charge on any atom is 0.232 e. The monoisotopic (exact) mass is 381 g/mol. The van der Waals surface area contributed by atoms with E-state index in [-0.39, 0.29) is 0 Å². The Balaban J connectivity index is 1.64. The van der Waals surface area contributed by atoms with E-state index in [1.54, 1.807) is 0 Å². The molecule has 1 aliphatic carbocycles. The fourth-order valence-corrected chi connectivity index (χ4v) is 4.23. The largest absolute Gasteiger partial charge is 0.360 e. The third-order valence-electron chi connectivity index (χ3n) is 5.19. The van der Waals surface area contributed by atoms with E-state index in [9.17, 15) is 0 Å². The minimum Gasteiger partial charge on any atom is -0.360 e. The third kappa shape index (κ3) is 5.42. The van der Waals surface area contributed by atoms with Crippen molar-refractivity contribution in [3.05, 3.63) is 11.2 Å². The molecule has 1 aromatic rings. The van der Waals surface area contributed by atoms with Crippen molar-refractivity contribution in [3.63, 3.8) is 0 Å². The quantitative estimate of drug-likeness (QED) is 0.456. The van der Waals surface area contributed by atoms with E-state index in [1.165, 1.54) is 57.8 Å². The number of thiocarbonyl (C=S) groups is 1. The van der Waals surface area contributed by atoms with E-state index in [0.717, 1.165) is 12.4 Å². The molecule has 1 aliphatic heterocycles. The van der Waals surface area contributed by atoms with Gasteiger partial charge in [-0.25, -0.2) is 4.98 Å². The molecule has 0 bridgehead atoms. The van der Waals surface area contributed by atoms with Crippen molar-refractivity contribution in [1.29, 1.82) is 0 Å². The van der Waals surface area contributed by atoms with Crippen LogP contribution in [0.25, 0.3) is 0 Å². The summed E-state index contributed by atoms with van der Waals surface area (Å²) in [6.45, 7) is 3.25. The molecule has 2 N–H and O–H groups in total. The highest BCUT2D eigenvalue weighted by Crippen LogP contribution is 2.25. The summed E-state index contributed by atoms with van der Waals surface area (Å²) < 4.78 is 0. The number of anilines is 2. The van der Waals surface area contributed by atoms with Crippen molar-refractivity contribution in [1.82, 2.24) is 15.3 Å². The van der Waals surface area contributed by atoms with Crippen LogP contribution >= 0.6 is 23.8 Å². The molecule has 5 nitrogen and oxygen atoms in total. The van der Waals surface area contributed by atoms with Crippen LogP contribution in [0.2, 0.25) is 5.15 Å². The predicted molar refractivity (Wildman–Crippen MR) is 109 cm³/mol. The van der Waals surface area contributed by atoms with Crippen molar-refractivity contribution in [2.45, 2.75) is 76.8 Å². The Kier molecular flexibility index (Phi) is 6.70. The average molecular weight is 382 g/mol. The number of hydrogen-bond donors (Lipinski definition) is 2. The Morgan fingerprint density at radius 3 is 2.56 bits per heavy atom. The van der Waals surface area contributed by atoms with E-state index in [0.29, 0.717) is 28.3 Å². The highest BCUT2D eigenvalue weighted by Gasteiger charge is 2.21. The van der Waals surface area contributed by atoms with Gasteiger partial charge in [0.05, 0.1) is 0 Å². The number of nitrogens with one attached hydrogen (secondary N) is 2. The highest BCUT2D eigenvalue weighted by molar-refractivity contribution is 7.80. The summed E-state index contributed by atoms with van der Waals surface area (Å²) >= 11 is 11.7. The maximum absolute atomic E-state index is 6.23. The van der Waals surface area contributed by atoms with Crippen molar-refractivity contribution in [2.24, 2.45) is 0 Å². The first-order chi connectivity index (χ1) is 12.1. The van der Waals surface area contributed by atoms with Crippen molar-refractivity contribution in [2.75, 3.05) is 16.8 Å². The molecule has 2 aliphatic rings. The number of nitrogens with zero attached hydrogens (tertiary/aromatic N) is 3. The van der Waals surface area contributed by atoms with Crippen LogP contribution in [-0.4, -0.2) is 33.7 Å². The molecule has 0 spiro atoms. The van der Waals surface area contributed by atoms with Crippen LogP contribution in [0.3, 0.4) is 0 Å². The molecule has 2 fully saturated rings. The second kappa shape index (κ2) is 8.99. The van der Waals surface area contributed by atoms with Gasteiger partial charge in [-0.1, -0.05) is 37.3 Å². The van der Waals surface area contributed by atoms with Crippen LogP contribution in [0.15, 0.2) is 6.07 Å². The van der Waals surface area contributed by atoms with Crippen LogP contribution < -0.4 is 15.5 Å². The normalized spacial score (nSPS) is 22.3. The van der Waals surface area contributed by atoms with E-state index >= 15 is 0 Å². The van der Waals surface area contributed by atoms with Crippen LogP contribution in [0.5, 0.6) is 0 Å². The Hall–Kier alpha value is -1.14. The van der Waals surface area contributed by atoms with Gasteiger partial charge < -0.3 is 15.5 Å². The van der Waals surface area contributed by atoms with E-state index in [2.05, 4.69) is 32.4 Å². The summed E-state index contributed by atoms with van der Waals surface area (Å²) in [5, 5.41) is 7.59. The van der Waals surface area contributed by atoms with Crippen molar-refractivity contribution in [3.8, 4) is 0 Å². The van der Waals surface area contributed by atoms with Gasteiger partial charge in [0.1, 0.15) is 11.0 Å². The number of rotatable bonds is 3. The topological polar surface area (TPSA) is 53.1 Å². The summed E-state index contributed by atoms with van der Waals surface area (Å²) in [7, 11) is 0. The summed E-state index contributed by atoms with van der Waals surface area (Å²) in [6.07, 6.45) is 11.2. The molecule has 3 rings (SSSR count). The molecule has 1 saturated heterocycles. The Bertz CT molecular complexity index is 589. The van der Waals surface area contributed by atoms with Crippen LogP contribution in [0.1, 0.15) is 64.7 Å². The van der Waals surface area contributed by atoms with Crippen LogP contribution in [0.4, 0.5) is 11.8 Å². The lowest BCUT2D eigenvalue weighted by atomic mass is 10.0. The van der Waals surface area contributed by atoms with Gasteiger partial charge in [0, 0.05) is 24.7 Å². The zero-order valence-electron chi connectivity index (χ0n) is 14.9. The average Bonchev–Trinajstić information content (AvgIpc) is 2.83. The van der Waals surface area contributed by atoms with Crippen molar-refractivity contribution >= 4 is 40.7 Å². The van der Waals surface area contributed by atoms with E-state index < -0.39 is 0 Å². The Morgan fingerprint density at radius 1 is 1.12 bits per heavy atom. The molecule has 1 aromatic heterocycles.